The van der Waals surface area contributed by atoms with Gasteiger partial charge in [-0.15, -0.1) is 0 Å². The van der Waals surface area contributed by atoms with Crippen LogP contribution in [0.3, 0.4) is 0 Å². The Morgan fingerprint density at radius 1 is 1.60 bits per heavy atom. The fourth-order valence-electron chi connectivity index (χ4n) is 1.65. The van der Waals surface area contributed by atoms with E-state index in [-0.39, 0.29) is 17.8 Å². The molecule has 0 aliphatic rings. The van der Waals surface area contributed by atoms with E-state index in [0.29, 0.717) is 18.8 Å². The van der Waals surface area contributed by atoms with Crippen molar-refractivity contribution in [1.82, 2.24) is 4.90 Å². The van der Waals surface area contributed by atoms with E-state index in [1.54, 1.807) is 13.0 Å². The Hall–Kier alpha value is -2.31. The molecule has 1 atom stereocenters. The van der Waals surface area contributed by atoms with Crippen molar-refractivity contribution >= 4 is 17.6 Å². The van der Waals surface area contributed by atoms with Crippen molar-refractivity contribution in [2.45, 2.75) is 13.8 Å². The largest absolute Gasteiger partial charge is 0.409 e. The number of nitrogens with one attached hydrogen (secondary N) is 1. The fraction of sp³-hybridized carbons (Fsp3) is 0.385. The number of amidine groups is 1. The molecule has 7 heteroatoms. The molecule has 0 heterocycles. The highest BCUT2D eigenvalue weighted by Gasteiger charge is 2.17. The van der Waals surface area contributed by atoms with E-state index in [1.807, 2.05) is 6.92 Å². The van der Waals surface area contributed by atoms with Gasteiger partial charge in [0.1, 0.15) is 11.7 Å². The molecule has 0 fully saturated rings. The summed E-state index contributed by atoms with van der Waals surface area (Å²) in [5.74, 6) is -0.643. The Kier molecular flexibility index (Phi) is 5.76. The molecule has 0 spiro atoms. The van der Waals surface area contributed by atoms with Crippen LogP contribution in [0.15, 0.2) is 29.4 Å². The summed E-state index contributed by atoms with van der Waals surface area (Å²) in [6.45, 7) is 4.30. The zero-order valence-electron chi connectivity index (χ0n) is 11.5. The summed E-state index contributed by atoms with van der Waals surface area (Å²) in [5, 5.41) is 14.1. The Balaban J connectivity index is 2.68. The van der Waals surface area contributed by atoms with Gasteiger partial charge in [-0.1, -0.05) is 18.1 Å². The van der Waals surface area contributed by atoms with Crippen molar-refractivity contribution in [3.8, 4) is 0 Å². The average molecular weight is 282 g/mol. The maximum absolute atomic E-state index is 13.0. The Morgan fingerprint density at radius 2 is 2.30 bits per heavy atom. The van der Waals surface area contributed by atoms with Crippen molar-refractivity contribution in [1.29, 1.82) is 0 Å². The van der Waals surface area contributed by atoms with E-state index in [2.05, 4.69) is 10.5 Å². The monoisotopic (exact) mass is 282 g/mol. The molecular weight excluding hydrogens is 263 g/mol. The summed E-state index contributed by atoms with van der Waals surface area (Å²) in [4.78, 5) is 13.5. The molecule has 0 radical (unpaired) electrons. The highest BCUT2D eigenvalue weighted by molar-refractivity contribution is 5.90. The van der Waals surface area contributed by atoms with Gasteiger partial charge in [-0.3, -0.25) is 0 Å². The van der Waals surface area contributed by atoms with E-state index < -0.39 is 5.82 Å². The molecule has 0 aliphatic carbocycles. The highest BCUT2D eigenvalue weighted by atomic mass is 19.1. The van der Waals surface area contributed by atoms with Gasteiger partial charge >= 0.3 is 6.03 Å². The van der Waals surface area contributed by atoms with E-state index in [0.717, 1.165) is 0 Å². The maximum Gasteiger partial charge on any atom is 0.321 e. The first-order chi connectivity index (χ1) is 9.47. The third-order valence-corrected chi connectivity index (χ3v) is 2.86. The minimum atomic E-state index is -0.420. The number of rotatable bonds is 5. The molecule has 2 amide bonds. The molecule has 1 aromatic rings. The van der Waals surface area contributed by atoms with Crippen LogP contribution in [-0.2, 0) is 0 Å². The number of urea groups is 1. The third kappa shape index (κ3) is 4.42. The minimum Gasteiger partial charge on any atom is -0.409 e. The first-order valence-electron chi connectivity index (χ1n) is 6.26. The highest BCUT2D eigenvalue weighted by Crippen LogP contribution is 2.11. The summed E-state index contributed by atoms with van der Waals surface area (Å²) in [6.07, 6.45) is 0. The Bertz CT molecular complexity index is 493. The van der Waals surface area contributed by atoms with Crippen LogP contribution >= 0.6 is 0 Å². The van der Waals surface area contributed by atoms with Crippen LogP contribution < -0.4 is 11.1 Å². The number of carbonyl (C=O) groups excluding carboxylic acids is 1. The lowest BCUT2D eigenvalue weighted by Crippen LogP contribution is -2.41. The summed E-state index contributed by atoms with van der Waals surface area (Å²) in [7, 11) is 0. The molecule has 0 aromatic heterocycles. The first-order valence-corrected chi connectivity index (χ1v) is 6.26. The van der Waals surface area contributed by atoms with Crippen LogP contribution in [0.5, 0.6) is 0 Å². The Morgan fingerprint density at radius 3 is 2.85 bits per heavy atom. The van der Waals surface area contributed by atoms with Gasteiger partial charge in [-0.2, -0.15) is 0 Å². The molecule has 20 heavy (non-hydrogen) atoms. The maximum atomic E-state index is 13.0. The quantitative estimate of drug-likeness (QED) is 0.334. The number of amides is 2. The van der Waals surface area contributed by atoms with Crippen molar-refractivity contribution in [2.75, 3.05) is 18.4 Å². The smallest absolute Gasteiger partial charge is 0.321 e. The van der Waals surface area contributed by atoms with E-state index in [1.165, 1.54) is 23.1 Å². The molecule has 0 aliphatic heterocycles. The summed E-state index contributed by atoms with van der Waals surface area (Å²) < 4.78 is 13.0. The number of nitrogens with two attached hydrogens (primary N) is 1. The van der Waals surface area contributed by atoms with Crippen molar-refractivity contribution in [2.24, 2.45) is 16.8 Å². The molecule has 0 bridgehead atoms. The van der Waals surface area contributed by atoms with Crippen LogP contribution in [-0.4, -0.2) is 35.1 Å². The standard InChI is InChI=1S/C13H19FN4O2/c1-3-18(8-9(2)12(15)17-20)13(19)16-11-6-4-5-10(14)7-11/h4-7,9,20H,3,8H2,1-2H3,(H2,15,17)(H,16,19). The molecule has 0 saturated heterocycles. The molecule has 110 valence electrons. The summed E-state index contributed by atoms with van der Waals surface area (Å²) in [5.41, 5.74) is 5.86. The van der Waals surface area contributed by atoms with Crippen molar-refractivity contribution < 1.29 is 14.4 Å². The van der Waals surface area contributed by atoms with Gasteiger partial charge in [0.2, 0.25) is 0 Å². The topological polar surface area (TPSA) is 90.9 Å². The number of benzene rings is 1. The van der Waals surface area contributed by atoms with Crippen LogP contribution in [0.25, 0.3) is 0 Å². The van der Waals surface area contributed by atoms with Gasteiger partial charge in [-0.05, 0) is 25.1 Å². The minimum absolute atomic E-state index is 0.0574. The fourth-order valence-corrected chi connectivity index (χ4v) is 1.65. The Labute approximate surface area is 117 Å². The van der Waals surface area contributed by atoms with Crippen molar-refractivity contribution in [3.05, 3.63) is 30.1 Å². The average Bonchev–Trinajstić information content (AvgIpc) is 2.43. The third-order valence-electron chi connectivity index (χ3n) is 2.86. The van der Waals surface area contributed by atoms with Gasteiger partial charge in [-0.25, -0.2) is 9.18 Å². The molecule has 1 aromatic carbocycles. The molecule has 1 rings (SSSR count). The molecule has 4 N–H and O–H groups in total. The number of nitrogens with zero attached hydrogens (tertiary/aromatic N) is 2. The van der Waals surface area contributed by atoms with Crippen LogP contribution in [0.4, 0.5) is 14.9 Å². The van der Waals surface area contributed by atoms with Gasteiger partial charge in [0, 0.05) is 24.7 Å². The lowest BCUT2D eigenvalue weighted by atomic mass is 10.1. The van der Waals surface area contributed by atoms with E-state index in [4.69, 9.17) is 10.9 Å². The van der Waals surface area contributed by atoms with Gasteiger partial charge in [0.25, 0.3) is 0 Å². The van der Waals surface area contributed by atoms with E-state index >= 15 is 0 Å². The zero-order chi connectivity index (χ0) is 15.1. The zero-order valence-corrected chi connectivity index (χ0v) is 11.5. The number of carbonyl (C=O) groups is 1. The second-order valence-corrected chi connectivity index (χ2v) is 4.41. The van der Waals surface area contributed by atoms with Crippen molar-refractivity contribution in [3.63, 3.8) is 0 Å². The van der Waals surface area contributed by atoms with Gasteiger partial charge in [0.05, 0.1) is 0 Å². The van der Waals surface area contributed by atoms with Crippen LogP contribution in [0.1, 0.15) is 13.8 Å². The first kappa shape index (κ1) is 15.7. The number of oxime groups is 1. The second kappa shape index (κ2) is 7.32. The predicted octanol–water partition coefficient (Wildman–Crippen LogP) is 2.06. The second-order valence-electron chi connectivity index (χ2n) is 4.41. The predicted molar refractivity (Wildman–Crippen MR) is 75.2 cm³/mol. The normalized spacial score (nSPS) is 12.8. The molecule has 0 saturated carbocycles. The van der Waals surface area contributed by atoms with Crippen LogP contribution in [0.2, 0.25) is 0 Å². The lowest BCUT2D eigenvalue weighted by molar-refractivity contribution is 0.210. The molecular formula is C13H19FN4O2. The van der Waals surface area contributed by atoms with Gasteiger partial charge < -0.3 is 21.2 Å². The number of halogens is 1. The van der Waals surface area contributed by atoms with Gasteiger partial charge in [0.15, 0.2) is 0 Å². The lowest BCUT2D eigenvalue weighted by Gasteiger charge is -2.24. The molecule has 6 nitrogen and oxygen atoms in total. The van der Waals surface area contributed by atoms with Crippen LogP contribution in [0, 0.1) is 11.7 Å². The summed E-state index contributed by atoms with van der Waals surface area (Å²) in [6, 6.07) is 5.28. The number of hydrogen-bond donors (Lipinski definition) is 3. The molecule has 1 unspecified atom stereocenters. The SMILES string of the molecule is CCN(CC(C)C(N)=NO)C(=O)Nc1cccc(F)c1. The summed E-state index contributed by atoms with van der Waals surface area (Å²) >= 11 is 0. The number of anilines is 1. The van der Waals surface area contributed by atoms with E-state index in [9.17, 15) is 9.18 Å². The number of hydrogen-bond acceptors (Lipinski definition) is 3.